The first-order valence-corrected chi connectivity index (χ1v) is 10.1. The number of para-hydroxylation sites is 2. The number of anilines is 2. The Morgan fingerprint density at radius 3 is 2.39 bits per heavy atom. The lowest BCUT2D eigenvalue weighted by atomic mass is 10.1. The van der Waals surface area contributed by atoms with Gasteiger partial charge >= 0.3 is 6.36 Å². The van der Waals surface area contributed by atoms with E-state index < -0.39 is 6.36 Å². The van der Waals surface area contributed by atoms with Crippen molar-refractivity contribution in [1.82, 2.24) is 15.8 Å². The molecule has 0 aromatic heterocycles. The number of aliphatic hydroxyl groups is 1. The second-order valence-electron chi connectivity index (χ2n) is 7.56. The second-order valence-corrected chi connectivity index (χ2v) is 7.56. The summed E-state index contributed by atoms with van der Waals surface area (Å²) in [6, 6.07) is 12.8. The Morgan fingerprint density at radius 1 is 1.00 bits per heavy atom. The van der Waals surface area contributed by atoms with Crippen LogP contribution in [-0.4, -0.2) is 60.3 Å². The van der Waals surface area contributed by atoms with E-state index in [0.29, 0.717) is 23.6 Å². The molecule has 0 bridgehead atoms. The highest BCUT2D eigenvalue weighted by Crippen LogP contribution is 2.40. The van der Waals surface area contributed by atoms with E-state index in [2.05, 4.69) is 20.5 Å². The summed E-state index contributed by atoms with van der Waals surface area (Å²) in [4.78, 5) is 7.06. The van der Waals surface area contributed by atoms with Crippen LogP contribution in [-0.2, 0) is 0 Å². The molecule has 0 atom stereocenters. The lowest BCUT2D eigenvalue weighted by Crippen LogP contribution is -2.48. The van der Waals surface area contributed by atoms with E-state index in [9.17, 15) is 18.3 Å². The van der Waals surface area contributed by atoms with Crippen LogP contribution < -0.4 is 25.6 Å². The maximum absolute atomic E-state index is 12.5. The lowest BCUT2D eigenvalue weighted by Gasteiger charge is -2.32. The molecule has 1 saturated heterocycles. The Hall–Kier alpha value is -3.32. The van der Waals surface area contributed by atoms with Crippen molar-refractivity contribution in [2.24, 2.45) is 4.99 Å². The average Bonchev–Trinajstić information content (AvgIpc) is 3.12. The van der Waals surface area contributed by atoms with Gasteiger partial charge in [-0.25, -0.2) is 15.0 Å². The van der Waals surface area contributed by atoms with E-state index in [-0.39, 0.29) is 17.1 Å². The molecule has 0 radical (unpaired) electrons. The molecule has 1 fully saturated rings. The number of benzene rings is 2. The van der Waals surface area contributed by atoms with Gasteiger partial charge in [0, 0.05) is 32.7 Å². The molecule has 12 heteroatoms. The van der Waals surface area contributed by atoms with Gasteiger partial charge in [0.05, 0.1) is 22.8 Å². The number of hydrogen-bond acceptors (Lipinski definition) is 8. The summed E-state index contributed by atoms with van der Waals surface area (Å²) in [5.41, 5.74) is 6.30. The number of hydrogen-bond donors (Lipinski definition) is 3. The minimum absolute atomic E-state index is 0. The fraction of sp³-hybridized carbons (Fsp3) is 0.286. The van der Waals surface area contributed by atoms with Crippen LogP contribution >= 0.6 is 0 Å². The van der Waals surface area contributed by atoms with Gasteiger partial charge in [-0.05, 0) is 36.4 Å². The van der Waals surface area contributed by atoms with E-state index in [1.165, 1.54) is 29.3 Å². The molecule has 33 heavy (non-hydrogen) atoms. The van der Waals surface area contributed by atoms with Crippen molar-refractivity contribution in [3.8, 4) is 5.75 Å². The summed E-state index contributed by atoms with van der Waals surface area (Å²) in [6.07, 6.45) is -4.77. The van der Waals surface area contributed by atoms with Crippen LogP contribution in [0.2, 0.25) is 0 Å². The summed E-state index contributed by atoms with van der Waals surface area (Å²) >= 11 is 0. The Morgan fingerprint density at radius 2 is 1.70 bits per heavy atom. The highest BCUT2D eigenvalue weighted by Gasteiger charge is 2.38. The Kier molecular flexibility index (Phi) is 6.17. The standard InChI is InChI=1S/C21H21F3N6O2.H2O/c22-21(23,24)32-15-7-5-14(6-8-15)29-20(31)19-17(13-28-11-9-25-10-12-28)26-16-3-1-2-4-18(16)30(19)27-29;/h1-8,25,27,31H,9-13H2;1H2. The Labute approximate surface area is 187 Å². The fourth-order valence-electron chi connectivity index (χ4n) is 3.95. The number of piperazine rings is 1. The fourth-order valence-corrected chi connectivity index (χ4v) is 3.95. The number of nitrogens with one attached hydrogen (secondary N) is 2. The van der Waals surface area contributed by atoms with Gasteiger partial charge in [0.1, 0.15) is 11.4 Å². The molecule has 5 N–H and O–H groups in total. The Balaban J connectivity index is 0.00000259. The highest BCUT2D eigenvalue weighted by molar-refractivity contribution is 6.10. The van der Waals surface area contributed by atoms with E-state index in [1.807, 2.05) is 24.3 Å². The van der Waals surface area contributed by atoms with Gasteiger partial charge in [0.25, 0.3) is 0 Å². The summed E-state index contributed by atoms with van der Waals surface area (Å²) in [5, 5.41) is 17.6. The number of halogens is 3. The molecule has 0 unspecified atom stereocenters. The zero-order valence-corrected chi connectivity index (χ0v) is 17.4. The van der Waals surface area contributed by atoms with Crippen LogP contribution in [0.3, 0.4) is 0 Å². The topological polar surface area (TPSA) is 107 Å². The highest BCUT2D eigenvalue weighted by atomic mass is 19.4. The van der Waals surface area contributed by atoms with Crippen molar-refractivity contribution in [2.75, 3.05) is 42.7 Å². The van der Waals surface area contributed by atoms with E-state index in [4.69, 9.17) is 4.99 Å². The largest absolute Gasteiger partial charge is 0.573 e. The monoisotopic (exact) mass is 464 g/mol. The van der Waals surface area contributed by atoms with Crippen LogP contribution in [0.5, 0.6) is 5.75 Å². The molecular weight excluding hydrogens is 441 g/mol. The number of aliphatic hydroxyl groups excluding tert-OH is 1. The zero-order valence-electron chi connectivity index (χ0n) is 17.4. The third-order valence-corrected chi connectivity index (χ3v) is 5.41. The van der Waals surface area contributed by atoms with Gasteiger partial charge in [-0.2, -0.15) is 0 Å². The van der Waals surface area contributed by atoms with Crippen LogP contribution in [0, 0.1) is 0 Å². The molecule has 0 amide bonds. The first-order chi connectivity index (χ1) is 15.4. The van der Waals surface area contributed by atoms with E-state index in [0.717, 1.165) is 37.6 Å². The maximum atomic E-state index is 12.5. The number of fused-ring (bicyclic) bond motifs is 3. The van der Waals surface area contributed by atoms with Gasteiger partial charge in [0.15, 0.2) is 0 Å². The number of alkyl halides is 3. The number of hydrazine groups is 2. The third kappa shape index (κ3) is 4.59. The number of aliphatic imine (C=N–C) groups is 1. The Bertz CT molecular complexity index is 1070. The van der Waals surface area contributed by atoms with Crippen molar-refractivity contribution in [2.45, 2.75) is 6.36 Å². The van der Waals surface area contributed by atoms with Crippen molar-refractivity contribution in [3.05, 3.63) is 60.1 Å². The normalized spacial score (nSPS) is 18.5. The van der Waals surface area contributed by atoms with Gasteiger partial charge in [-0.1, -0.05) is 12.1 Å². The first kappa shape index (κ1) is 22.9. The van der Waals surface area contributed by atoms with E-state index >= 15 is 0 Å². The minimum atomic E-state index is -4.77. The van der Waals surface area contributed by atoms with Gasteiger partial charge in [0.2, 0.25) is 5.88 Å². The zero-order chi connectivity index (χ0) is 22.3. The molecule has 2 aromatic carbocycles. The molecule has 5 rings (SSSR count). The molecule has 3 aliphatic rings. The number of ether oxygens (including phenoxy) is 1. The minimum Gasteiger partial charge on any atom is -0.492 e. The summed E-state index contributed by atoms with van der Waals surface area (Å²) in [6.45, 7) is 4.06. The molecule has 0 spiro atoms. The van der Waals surface area contributed by atoms with Crippen molar-refractivity contribution in [3.63, 3.8) is 0 Å². The van der Waals surface area contributed by atoms with Crippen LogP contribution in [0.4, 0.5) is 30.2 Å². The van der Waals surface area contributed by atoms with Crippen molar-refractivity contribution < 1.29 is 28.5 Å². The smallest absolute Gasteiger partial charge is 0.492 e. The summed E-state index contributed by atoms with van der Waals surface area (Å²) < 4.78 is 41.3. The molecule has 9 nitrogen and oxygen atoms in total. The molecular formula is C21H23F3N6O3. The first-order valence-electron chi connectivity index (χ1n) is 10.1. The van der Waals surface area contributed by atoms with Crippen LogP contribution in [0.15, 0.2) is 65.1 Å². The van der Waals surface area contributed by atoms with Crippen LogP contribution in [0.1, 0.15) is 0 Å². The van der Waals surface area contributed by atoms with E-state index in [1.54, 1.807) is 5.01 Å². The lowest BCUT2D eigenvalue weighted by molar-refractivity contribution is -0.274. The molecule has 3 heterocycles. The predicted octanol–water partition coefficient (Wildman–Crippen LogP) is 2.23. The summed E-state index contributed by atoms with van der Waals surface area (Å²) in [7, 11) is 0. The van der Waals surface area contributed by atoms with Gasteiger partial charge in [-0.15, -0.1) is 18.7 Å². The quantitative estimate of drug-likeness (QED) is 0.637. The van der Waals surface area contributed by atoms with Crippen LogP contribution in [0.25, 0.3) is 0 Å². The summed E-state index contributed by atoms with van der Waals surface area (Å²) in [5.74, 6) is -0.422. The molecule has 3 aliphatic heterocycles. The average molecular weight is 464 g/mol. The van der Waals surface area contributed by atoms with Gasteiger partial charge in [-0.3, -0.25) is 4.90 Å². The molecule has 2 aromatic rings. The second kappa shape index (κ2) is 8.90. The maximum Gasteiger partial charge on any atom is 0.573 e. The van der Waals surface area contributed by atoms with Crippen molar-refractivity contribution in [1.29, 1.82) is 0 Å². The number of rotatable bonds is 4. The molecule has 176 valence electrons. The van der Waals surface area contributed by atoms with Gasteiger partial charge < -0.3 is 20.6 Å². The molecule has 0 saturated carbocycles. The SMILES string of the molecule is O.OC1=C2C(CN3CCNCC3)=Nc3ccccc3N2NN1c1ccc(OC(F)(F)F)cc1. The predicted molar refractivity (Wildman–Crippen MR) is 117 cm³/mol. The number of nitrogens with zero attached hydrogens (tertiary/aromatic N) is 4. The van der Waals surface area contributed by atoms with Crippen molar-refractivity contribution >= 4 is 22.8 Å². The molecule has 0 aliphatic carbocycles. The third-order valence-electron chi connectivity index (χ3n) is 5.41.